The van der Waals surface area contributed by atoms with Crippen LogP contribution in [0.25, 0.3) is 11.3 Å². The van der Waals surface area contributed by atoms with Gasteiger partial charge in [0.15, 0.2) is 11.7 Å². The third-order valence-corrected chi connectivity index (χ3v) is 6.45. The second kappa shape index (κ2) is 6.45. The molecule has 0 unspecified atom stereocenters. The predicted molar refractivity (Wildman–Crippen MR) is 88.5 cm³/mol. The standard InChI is InChI=1S/C17H22N2O3S/c1-13-18-12-17(22-13)14-8-10-16(11-9-14)23(20,21)19(2)15-6-4-3-5-7-15/h8-12,15H,3-7H2,1-2H3. The highest BCUT2D eigenvalue weighted by atomic mass is 32.2. The van der Waals surface area contributed by atoms with Crippen LogP contribution in [-0.4, -0.2) is 30.8 Å². The first-order chi connectivity index (χ1) is 11.0. The van der Waals surface area contributed by atoms with E-state index in [1.165, 1.54) is 6.42 Å². The van der Waals surface area contributed by atoms with Crippen molar-refractivity contribution in [2.45, 2.75) is 50.0 Å². The number of sulfonamides is 1. The summed E-state index contributed by atoms with van der Waals surface area (Å²) in [4.78, 5) is 4.39. The maximum Gasteiger partial charge on any atom is 0.243 e. The summed E-state index contributed by atoms with van der Waals surface area (Å²) in [5.74, 6) is 1.24. The van der Waals surface area contributed by atoms with E-state index >= 15 is 0 Å². The lowest BCUT2D eigenvalue weighted by molar-refractivity contribution is 0.286. The number of benzene rings is 1. The summed E-state index contributed by atoms with van der Waals surface area (Å²) in [5.41, 5.74) is 0.824. The van der Waals surface area contributed by atoms with E-state index in [1.807, 2.05) is 0 Å². The van der Waals surface area contributed by atoms with Crippen molar-refractivity contribution in [3.05, 3.63) is 36.4 Å². The molecule has 1 aromatic heterocycles. The van der Waals surface area contributed by atoms with Crippen molar-refractivity contribution in [1.29, 1.82) is 0 Å². The number of oxazole rings is 1. The molecule has 1 fully saturated rings. The zero-order valence-electron chi connectivity index (χ0n) is 13.5. The van der Waals surface area contributed by atoms with Crippen LogP contribution in [0.2, 0.25) is 0 Å². The van der Waals surface area contributed by atoms with E-state index in [-0.39, 0.29) is 6.04 Å². The van der Waals surface area contributed by atoms with Crippen molar-refractivity contribution < 1.29 is 12.8 Å². The van der Waals surface area contributed by atoms with Crippen LogP contribution in [0.5, 0.6) is 0 Å². The van der Waals surface area contributed by atoms with Crippen molar-refractivity contribution >= 4 is 10.0 Å². The van der Waals surface area contributed by atoms with Crippen LogP contribution in [0.1, 0.15) is 38.0 Å². The maximum atomic E-state index is 12.8. The van der Waals surface area contributed by atoms with Crippen molar-refractivity contribution in [3.8, 4) is 11.3 Å². The summed E-state index contributed by atoms with van der Waals surface area (Å²) in [6.45, 7) is 1.78. The molecule has 1 heterocycles. The third-order valence-electron chi connectivity index (χ3n) is 4.53. The SMILES string of the molecule is Cc1ncc(-c2ccc(S(=O)(=O)N(C)C3CCCCC3)cc2)o1. The van der Waals surface area contributed by atoms with Gasteiger partial charge in [-0.05, 0) is 37.1 Å². The van der Waals surface area contributed by atoms with Gasteiger partial charge in [-0.3, -0.25) is 0 Å². The Balaban J connectivity index is 1.82. The predicted octanol–water partition coefficient (Wildman–Crippen LogP) is 3.60. The Labute approximate surface area is 137 Å². The van der Waals surface area contributed by atoms with E-state index in [2.05, 4.69) is 4.98 Å². The van der Waals surface area contributed by atoms with Gasteiger partial charge in [0.05, 0.1) is 11.1 Å². The zero-order valence-corrected chi connectivity index (χ0v) is 14.3. The lowest BCUT2D eigenvalue weighted by atomic mass is 9.96. The van der Waals surface area contributed by atoms with Crippen molar-refractivity contribution in [2.75, 3.05) is 7.05 Å². The molecular weight excluding hydrogens is 312 g/mol. The smallest absolute Gasteiger partial charge is 0.243 e. The Kier molecular flexibility index (Phi) is 4.55. The fourth-order valence-corrected chi connectivity index (χ4v) is 4.51. The summed E-state index contributed by atoms with van der Waals surface area (Å²) in [6, 6.07) is 6.93. The van der Waals surface area contributed by atoms with Crippen molar-refractivity contribution in [3.63, 3.8) is 0 Å². The van der Waals surface area contributed by atoms with Gasteiger partial charge in [-0.2, -0.15) is 4.31 Å². The molecule has 124 valence electrons. The summed E-state index contributed by atoms with van der Waals surface area (Å²) < 4.78 is 32.6. The summed E-state index contributed by atoms with van der Waals surface area (Å²) in [6.07, 6.45) is 6.96. The van der Waals surface area contributed by atoms with Crippen LogP contribution in [0, 0.1) is 6.92 Å². The number of aryl methyl sites for hydroxylation is 1. The third kappa shape index (κ3) is 3.33. The molecule has 5 nitrogen and oxygen atoms in total. The van der Waals surface area contributed by atoms with Gasteiger partial charge in [0.1, 0.15) is 0 Å². The van der Waals surface area contributed by atoms with Gasteiger partial charge in [0.2, 0.25) is 10.0 Å². The number of hydrogen-bond acceptors (Lipinski definition) is 4. The van der Waals surface area contributed by atoms with Gasteiger partial charge in [0, 0.05) is 25.6 Å². The van der Waals surface area contributed by atoms with Crippen LogP contribution in [0.15, 0.2) is 39.8 Å². The number of aromatic nitrogens is 1. The molecule has 1 saturated carbocycles. The highest BCUT2D eigenvalue weighted by Crippen LogP contribution is 2.28. The van der Waals surface area contributed by atoms with E-state index in [0.29, 0.717) is 16.5 Å². The molecule has 23 heavy (non-hydrogen) atoms. The van der Waals surface area contributed by atoms with Gasteiger partial charge in [0.25, 0.3) is 0 Å². The monoisotopic (exact) mass is 334 g/mol. The molecule has 0 spiro atoms. The first-order valence-corrected chi connectivity index (χ1v) is 9.43. The summed E-state index contributed by atoms with van der Waals surface area (Å²) >= 11 is 0. The Morgan fingerprint density at radius 3 is 2.35 bits per heavy atom. The second-order valence-corrected chi connectivity index (χ2v) is 8.08. The Morgan fingerprint density at radius 2 is 1.78 bits per heavy atom. The molecular formula is C17H22N2O3S. The molecule has 0 radical (unpaired) electrons. The van der Waals surface area contributed by atoms with E-state index in [4.69, 9.17) is 4.42 Å². The maximum absolute atomic E-state index is 12.8. The van der Waals surface area contributed by atoms with Crippen LogP contribution in [0.3, 0.4) is 0 Å². The van der Waals surface area contributed by atoms with E-state index in [1.54, 1.807) is 48.7 Å². The lowest BCUT2D eigenvalue weighted by Crippen LogP contribution is -2.38. The van der Waals surface area contributed by atoms with Gasteiger partial charge < -0.3 is 4.42 Å². The molecule has 0 amide bonds. The molecule has 0 aliphatic heterocycles. The molecule has 1 aliphatic carbocycles. The molecule has 0 atom stereocenters. The average molecular weight is 334 g/mol. The van der Waals surface area contributed by atoms with Gasteiger partial charge in [-0.1, -0.05) is 19.3 Å². The number of hydrogen-bond donors (Lipinski definition) is 0. The van der Waals surface area contributed by atoms with Crippen LogP contribution in [0.4, 0.5) is 0 Å². The number of rotatable bonds is 4. The molecule has 3 rings (SSSR count). The van der Waals surface area contributed by atoms with Crippen LogP contribution < -0.4 is 0 Å². The van der Waals surface area contributed by atoms with Gasteiger partial charge >= 0.3 is 0 Å². The summed E-state index contributed by atoms with van der Waals surface area (Å²) in [5, 5.41) is 0. The van der Waals surface area contributed by atoms with Gasteiger partial charge in [-0.25, -0.2) is 13.4 Å². The van der Waals surface area contributed by atoms with E-state index in [9.17, 15) is 8.42 Å². The average Bonchev–Trinajstić information content (AvgIpc) is 3.01. The highest BCUT2D eigenvalue weighted by Gasteiger charge is 2.28. The molecule has 6 heteroatoms. The molecule has 2 aromatic rings. The molecule has 0 saturated heterocycles. The fraction of sp³-hybridized carbons (Fsp3) is 0.471. The first kappa shape index (κ1) is 16.2. The topological polar surface area (TPSA) is 63.4 Å². The quantitative estimate of drug-likeness (QED) is 0.857. The van der Waals surface area contributed by atoms with Crippen molar-refractivity contribution in [1.82, 2.24) is 9.29 Å². The fourth-order valence-electron chi connectivity index (χ4n) is 3.09. The van der Waals surface area contributed by atoms with Crippen LogP contribution >= 0.6 is 0 Å². The van der Waals surface area contributed by atoms with E-state index < -0.39 is 10.0 Å². The first-order valence-electron chi connectivity index (χ1n) is 7.99. The minimum Gasteiger partial charge on any atom is -0.441 e. The molecule has 0 N–H and O–H groups in total. The Bertz CT molecular complexity index is 759. The highest BCUT2D eigenvalue weighted by molar-refractivity contribution is 7.89. The summed E-state index contributed by atoms with van der Waals surface area (Å²) in [7, 11) is -1.75. The Hall–Kier alpha value is -1.66. The van der Waals surface area contributed by atoms with Gasteiger partial charge in [-0.15, -0.1) is 0 Å². The Morgan fingerprint density at radius 1 is 1.13 bits per heavy atom. The lowest BCUT2D eigenvalue weighted by Gasteiger charge is -2.30. The second-order valence-electron chi connectivity index (χ2n) is 6.08. The normalized spacial score (nSPS) is 16.8. The molecule has 0 bridgehead atoms. The van der Waals surface area contributed by atoms with Crippen LogP contribution in [-0.2, 0) is 10.0 Å². The zero-order chi connectivity index (χ0) is 16.4. The van der Waals surface area contributed by atoms with Crippen molar-refractivity contribution in [2.24, 2.45) is 0 Å². The largest absolute Gasteiger partial charge is 0.441 e. The minimum absolute atomic E-state index is 0.116. The number of nitrogens with zero attached hydrogens (tertiary/aromatic N) is 2. The molecule has 1 aromatic carbocycles. The molecule has 1 aliphatic rings. The van der Waals surface area contributed by atoms with E-state index in [0.717, 1.165) is 31.2 Å². The minimum atomic E-state index is -3.45.